The Bertz CT molecular complexity index is 386. The first-order valence-corrected chi connectivity index (χ1v) is 7.78. The first kappa shape index (κ1) is 13.1. The summed E-state index contributed by atoms with van der Waals surface area (Å²) in [6.07, 6.45) is 5.62. The molecule has 2 aliphatic rings. The maximum atomic E-state index is 3.81. The molecule has 0 bridgehead atoms. The third-order valence-electron chi connectivity index (χ3n) is 4.82. The number of likely N-dealkylation sites (tertiary alicyclic amines) is 1. The normalized spacial score (nSPS) is 29.1. The van der Waals surface area contributed by atoms with Gasteiger partial charge in [-0.2, -0.15) is 0 Å². The monoisotopic (exact) mass is 258 g/mol. The molecule has 0 aromatic heterocycles. The van der Waals surface area contributed by atoms with Crippen molar-refractivity contribution in [1.29, 1.82) is 0 Å². The Balaban J connectivity index is 1.57. The number of hydrogen-bond donors (Lipinski definition) is 1. The van der Waals surface area contributed by atoms with Gasteiger partial charge >= 0.3 is 0 Å². The molecule has 1 saturated carbocycles. The van der Waals surface area contributed by atoms with E-state index in [-0.39, 0.29) is 0 Å². The Kier molecular flexibility index (Phi) is 4.19. The van der Waals surface area contributed by atoms with Gasteiger partial charge in [0.2, 0.25) is 0 Å². The van der Waals surface area contributed by atoms with Crippen LogP contribution in [0.3, 0.4) is 0 Å². The lowest BCUT2D eigenvalue weighted by atomic mass is 9.84. The van der Waals surface area contributed by atoms with Gasteiger partial charge in [-0.1, -0.05) is 36.8 Å². The average molecular weight is 258 g/mol. The molecule has 104 valence electrons. The van der Waals surface area contributed by atoms with Crippen molar-refractivity contribution < 1.29 is 0 Å². The third-order valence-corrected chi connectivity index (χ3v) is 4.82. The second-order valence-corrected chi connectivity index (χ2v) is 6.47. The Hall–Kier alpha value is -0.860. The lowest BCUT2D eigenvalue weighted by molar-refractivity contribution is 0.190. The largest absolute Gasteiger partial charge is 0.312 e. The van der Waals surface area contributed by atoms with Crippen molar-refractivity contribution in [3.05, 3.63) is 35.9 Å². The van der Waals surface area contributed by atoms with E-state index in [2.05, 4.69) is 47.6 Å². The van der Waals surface area contributed by atoms with Crippen LogP contribution in [0.4, 0.5) is 0 Å². The highest BCUT2D eigenvalue weighted by Crippen LogP contribution is 2.28. The molecule has 0 amide bonds. The molecule has 1 aromatic carbocycles. The summed E-state index contributed by atoms with van der Waals surface area (Å²) in [4.78, 5) is 2.49. The van der Waals surface area contributed by atoms with Crippen LogP contribution in [0.25, 0.3) is 0 Å². The second-order valence-electron chi connectivity index (χ2n) is 6.47. The summed E-state index contributed by atoms with van der Waals surface area (Å²) in [5.74, 6) is 1.65. The minimum atomic E-state index is 0.671. The molecule has 1 heterocycles. The fourth-order valence-corrected chi connectivity index (χ4v) is 3.46. The van der Waals surface area contributed by atoms with Crippen molar-refractivity contribution in [2.75, 3.05) is 26.7 Å². The molecule has 19 heavy (non-hydrogen) atoms. The van der Waals surface area contributed by atoms with Crippen molar-refractivity contribution in [2.24, 2.45) is 5.92 Å². The van der Waals surface area contributed by atoms with E-state index in [1.165, 1.54) is 50.9 Å². The first-order chi connectivity index (χ1) is 9.31. The Labute approximate surface area is 117 Å². The van der Waals surface area contributed by atoms with E-state index in [0.29, 0.717) is 12.0 Å². The fourth-order valence-electron chi connectivity index (χ4n) is 3.46. The number of nitrogens with zero attached hydrogens (tertiary/aromatic N) is 1. The van der Waals surface area contributed by atoms with Crippen LogP contribution in [-0.2, 0) is 0 Å². The molecule has 2 atom stereocenters. The maximum Gasteiger partial charge on any atom is 0.0201 e. The number of nitrogens with one attached hydrogen (secondary N) is 1. The van der Waals surface area contributed by atoms with Crippen LogP contribution in [0.2, 0.25) is 0 Å². The van der Waals surface area contributed by atoms with Gasteiger partial charge in [0.25, 0.3) is 0 Å². The molecule has 1 N–H and O–H groups in total. The van der Waals surface area contributed by atoms with Crippen LogP contribution in [0.5, 0.6) is 0 Å². The number of benzene rings is 1. The number of rotatable bonds is 4. The summed E-state index contributed by atoms with van der Waals surface area (Å²) in [5, 5.41) is 3.81. The van der Waals surface area contributed by atoms with E-state index in [0.717, 1.165) is 5.92 Å². The van der Waals surface area contributed by atoms with E-state index in [4.69, 9.17) is 0 Å². The minimum Gasteiger partial charge on any atom is -0.312 e. The molecule has 0 spiro atoms. The summed E-state index contributed by atoms with van der Waals surface area (Å²) >= 11 is 0. The van der Waals surface area contributed by atoms with Crippen molar-refractivity contribution >= 4 is 0 Å². The van der Waals surface area contributed by atoms with Gasteiger partial charge in [-0.3, -0.25) is 0 Å². The van der Waals surface area contributed by atoms with Crippen LogP contribution in [0.1, 0.15) is 37.2 Å². The molecule has 2 nitrogen and oxygen atoms in total. The SMILES string of the molecule is CN1CC(NCC2CCC2)CC(c2ccccc2)C1. The predicted octanol–water partition coefficient (Wildman–Crippen LogP) is 2.86. The van der Waals surface area contributed by atoms with E-state index < -0.39 is 0 Å². The zero-order valence-electron chi connectivity index (χ0n) is 12.0. The minimum absolute atomic E-state index is 0.671. The summed E-state index contributed by atoms with van der Waals surface area (Å²) in [6, 6.07) is 11.7. The van der Waals surface area contributed by atoms with E-state index in [9.17, 15) is 0 Å². The zero-order valence-corrected chi connectivity index (χ0v) is 12.0. The summed E-state index contributed by atoms with van der Waals surface area (Å²) in [7, 11) is 2.26. The average Bonchev–Trinajstić information content (AvgIpc) is 2.37. The molecule has 2 heteroatoms. The fraction of sp³-hybridized carbons (Fsp3) is 0.647. The molecule has 1 aliphatic carbocycles. The highest BCUT2D eigenvalue weighted by molar-refractivity contribution is 5.21. The van der Waals surface area contributed by atoms with E-state index in [1.54, 1.807) is 0 Å². The van der Waals surface area contributed by atoms with Crippen molar-refractivity contribution in [1.82, 2.24) is 10.2 Å². The summed E-state index contributed by atoms with van der Waals surface area (Å²) in [5.41, 5.74) is 1.50. The Morgan fingerprint density at radius 3 is 2.63 bits per heavy atom. The topological polar surface area (TPSA) is 15.3 Å². The van der Waals surface area contributed by atoms with E-state index in [1.807, 2.05) is 0 Å². The molecule has 1 aromatic rings. The molecule has 1 aliphatic heterocycles. The highest BCUT2D eigenvalue weighted by atomic mass is 15.1. The molecule has 2 unspecified atom stereocenters. The molecular weight excluding hydrogens is 232 g/mol. The van der Waals surface area contributed by atoms with Gasteiger partial charge in [0.1, 0.15) is 0 Å². The lowest BCUT2D eigenvalue weighted by Gasteiger charge is -2.38. The highest BCUT2D eigenvalue weighted by Gasteiger charge is 2.27. The molecule has 1 saturated heterocycles. The quantitative estimate of drug-likeness (QED) is 0.893. The lowest BCUT2D eigenvalue weighted by Crippen LogP contribution is -2.48. The molecule has 0 radical (unpaired) electrons. The van der Waals surface area contributed by atoms with E-state index >= 15 is 0 Å². The van der Waals surface area contributed by atoms with Crippen LogP contribution < -0.4 is 5.32 Å². The predicted molar refractivity (Wildman–Crippen MR) is 80.4 cm³/mol. The van der Waals surface area contributed by atoms with Gasteiger partial charge in [0, 0.05) is 19.1 Å². The second kappa shape index (κ2) is 6.06. The molecule has 3 rings (SSSR count). The van der Waals surface area contributed by atoms with Gasteiger partial charge in [0.15, 0.2) is 0 Å². The smallest absolute Gasteiger partial charge is 0.0201 e. The van der Waals surface area contributed by atoms with Crippen molar-refractivity contribution in [2.45, 2.75) is 37.6 Å². The molecular formula is C17H26N2. The van der Waals surface area contributed by atoms with Gasteiger partial charge in [-0.05, 0) is 50.3 Å². The van der Waals surface area contributed by atoms with Crippen LogP contribution in [0, 0.1) is 5.92 Å². The van der Waals surface area contributed by atoms with Crippen molar-refractivity contribution in [3.63, 3.8) is 0 Å². The summed E-state index contributed by atoms with van der Waals surface area (Å²) < 4.78 is 0. The van der Waals surface area contributed by atoms with Crippen LogP contribution in [0.15, 0.2) is 30.3 Å². The first-order valence-electron chi connectivity index (χ1n) is 7.78. The Morgan fingerprint density at radius 1 is 1.16 bits per heavy atom. The number of piperidine rings is 1. The van der Waals surface area contributed by atoms with Crippen molar-refractivity contribution in [3.8, 4) is 0 Å². The van der Waals surface area contributed by atoms with Crippen LogP contribution >= 0.6 is 0 Å². The van der Waals surface area contributed by atoms with Crippen LogP contribution in [-0.4, -0.2) is 37.6 Å². The zero-order chi connectivity index (χ0) is 13.1. The van der Waals surface area contributed by atoms with Gasteiger partial charge in [-0.15, -0.1) is 0 Å². The number of hydrogen-bond acceptors (Lipinski definition) is 2. The van der Waals surface area contributed by atoms with Gasteiger partial charge in [-0.25, -0.2) is 0 Å². The summed E-state index contributed by atoms with van der Waals surface area (Å²) in [6.45, 7) is 3.64. The van der Waals surface area contributed by atoms with Gasteiger partial charge < -0.3 is 10.2 Å². The van der Waals surface area contributed by atoms with Gasteiger partial charge in [0.05, 0.1) is 0 Å². The Morgan fingerprint density at radius 2 is 1.95 bits per heavy atom. The standard InChI is InChI=1S/C17H26N2/c1-19-12-16(15-8-3-2-4-9-15)10-17(13-19)18-11-14-6-5-7-14/h2-4,8-9,14,16-18H,5-7,10-13H2,1H3. The third kappa shape index (κ3) is 3.37. The maximum absolute atomic E-state index is 3.81. The molecule has 2 fully saturated rings. The number of likely N-dealkylation sites (N-methyl/N-ethyl adjacent to an activating group) is 1.